The first-order valence-electron chi connectivity index (χ1n) is 23.2. The van der Waals surface area contributed by atoms with Gasteiger partial charge in [-0.3, -0.25) is 0 Å². The number of halogens is 4. The summed E-state index contributed by atoms with van der Waals surface area (Å²) >= 11 is 0. The van der Waals surface area contributed by atoms with Crippen LogP contribution in [-0.2, 0) is 40.6 Å². The maximum atomic E-state index is 12.9. The van der Waals surface area contributed by atoms with E-state index in [0.717, 1.165) is 50.0 Å². The molecule has 3 radical (unpaired) electrons. The Morgan fingerprint density at radius 3 is 1.03 bits per heavy atom. The monoisotopic (exact) mass is 1120 g/mol. The first kappa shape index (κ1) is 84.0. The third-order valence-corrected chi connectivity index (χ3v) is 11.8. The molecule has 0 bridgehead atoms. The largest absolute Gasteiger partial charge is 2.00 e. The molecule has 0 aromatic carbocycles. The molecule has 0 heterocycles. The minimum Gasteiger partial charge on any atom is -0.370 e. The molecular formula is C52H111BF4NO4SW. The second-order valence-corrected chi connectivity index (χ2v) is 24.7. The number of nitrogens with one attached hydrogen (secondary N) is 1. The van der Waals surface area contributed by atoms with Gasteiger partial charge in [0.1, 0.15) is 0 Å². The van der Waals surface area contributed by atoms with Gasteiger partial charge < -0.3 is 24.3 Å². The van der Waals surface area contributed by atoms with Crippen LogP contribution in [0.15, 0.2) is 12.2 Å². The topological polar surface area (TPSA) is 64.6 Å². The van der Waals surface area contributed by atoms with E-state index in [2.05, 4.69) is 129 Å². The number of ether oxygens (including phenoxy) is 2. The molecule has 5 nitrogen and oxygen atoms in total. The van der Waals surface area contributed by atoms with E-state index in [1.54, 1.807) is 6.08 Å². The zero-order valence-electron chi connectivity index (χ0n) is 47.4. The van der Waals surface area contributed by atoms with Gasteiger partial charge in [0.15, 0.2) is 0 Å². The third-order valence-electron chi connectivity index (χ3n) is 9.63. The van der Waals surface area contributed by atoms with Crippen molar-refractivity contribution in [3.05, 3.63) is 27.0 Å². The van der Waals surface area contributed by atoms with Gasteiger partial charge in [-0.25, -0.2) is 30.7 Å². The van der Waals surface area contributed by atoms with Crippen molar-refractivity contribution in [2.45, 2.75) is 272 Å². The number of rotatable bonds is 12. The van der Waals surface area contributed by atoms with Gasteiger partial charge in [-0.1, -0.05) is 144 Å². The van der Waals surface area contributed by atoms with Crippen LogP contribution in [0.3, 0.4) is 0 Å². The fourth-order valence-electron chi connectivity index (χ4n) is 3.11. The van der Waals surface area contributed by atoms with E-state index in [4.69, 9.17) is 9.47 Å². The van der Waals surface area contributed by atoms with Gasteiger partial charge in [-0.2, -0.15) is 0 Å². The number of sulfonamides is 1. The van der Waals surface area contributed by atoms with Gasteiger partial charge >= 0.3 is 21.1 Å². The zero-order chi connectivity index (χ0) is 49.3. The van der Waals surface area contributed by atoms with Crippen LogP contribution in [0.2, 0.25) is 0 Å². The molecule has 2 saturated carbocycles. The molecule has 391 valence electrons. The van der Waals surface area contributed by atoms with E-state index in [9.17, 15) is 26.0 Å². The average Bonchev–Trinajstić information content (AvgIpc) is 3.88. The summed E-state index contributed by atoms with van der Waals surface area (Å²) in [5, 5.41) is -0.0881. The van der Waals surface area contributed by atoms with Crippen LogP contribution in [-0.4, -0.2) is 63.9 Å². The molecule has 0 spiro atoms. The van der Waals surface area contributed by atoms with E-state index in [-0.39, 0.29) is 66.8 Å². The Kier molecular flexibility index (Phi) is 52.3. The van der Waals surface area contributed by atoms with Crippen molar-refractivity contribution in [1.82, 2.24) is 4.72 Å². The quantitative estimate of drug-likeness (QED) is 0.0915. The summed E-state index contributed by atoms with van der Waals surface area (Å²) in [5.74, 6) is -1.52. The molecule has 0 unspecified atom stereocenters. The summed E-state index contributed by atoms with van der Waals surface area (Å²) in [5.41, 5.74) is 0.773. The molecule has 2 fully saturated rings. The molecule has 0 aromatic rings. The van der Waals surface area contributed by atoms with Gasteiger partial charge in [-0.05, 0) is 122 Å². The SMILES string of the molecule is CC(C)(C)C(C)(C)C.CC(C)(C)O[C@@H]1CC[C@H]1OC(C)(C)C.CC(C)C(F)F.CC(C)C/C=C/C(F)(F)C(C)C.CC(C)NS(=O)(=O)C1CC1.CCC(C)C.CCC(C)C.[B].[CH3-].[CH3-].[W+2]. The minimum absolute atomic E-state index is 0. The Labute approximate surface area is 417 Å². The van der Waals surface area contributed by atoms with Crippen molar-refractivity contribution in [1.29, 1.82) is 0 Å². The summed E-state index contributed by atoms with van der Waals surface area (Å²) in [7, 11) is -2.94. The Balaban J connectivity index is -0.0000000804. The standard InChI is InChI=1S/C12H24O2.C10H18F2.C8H18.C6H13NO2S.2C5H12.C4H8F2.2CH3.B.W/c1-11(2,3)13-9-7-8-10(9)14-12(4,5)6;1-8(2)6-5-7-10(11,12)9(3)4;1-7(2,3)8(4,5)6;1-5(2)7-10(8,9)6-3-4-6;2*1-4-5(2)3;1-3(2)4(5)6;;;;/h9-10H,7-8H2,1-6H3;5,7-9H,6H2,1-4H3;1-6H3;5-7H,3-4H2,1-2H3;2*5H,4H2,1-3H3;3-4H,1-2H3;2*1H3;;/q;;;;;;;2*-1;;+2/b;7-5+;;;;;;;;;/t9-,10-;;;;;;;;;;/m1........../s1. The second-order valence-electron chi connectivity index (χ2n) is 22.7. The van der Waals surface area contributed by atoms with Gasteiger partial charge in [0.25, 0.3) is 5.92 Å². The Morgan fingerprint density at radius 1 is 0.609 bits per heavy atom. The maximum absolute atomic E-state index is 12.9. The van der Waals surface area contributed by atoms with Crippen LogP contribution in [0.25, 0.3) is 0 Å². The van der Waals surface area contributed by atoms with Gasteiger partial charge in [0, 0.05) is 26.3 Å². The molecule has 0 aliphatic heterocycles. The molecule has 0 saturated heterocycles. The van der Waals surface area contributed by atoms with Crippen LogP contribution in [0.5, 0.6) is 0 Å². The Bertz CT molecular complexity index is 1100. The van der Waals surface area contributed by atoms with E-state index in [1.807, 2.05) is 27.7 Å². The first-order chi connectivity index (χ1) is 26.5. The van der Waals surface area contributed by atoms with Gasteiger partial charge in [0.05, 0.1) is 28.7 Å². The van der Waals surface area contributed by atoms with Crippen molar-refractivity contribution >= 4 is 18.4 Å². The van der Waals surface area contributed by atoms with Crippen molar-refractivity contribution < 1.29 is 56.5 Å². The van der Waals surface area contributed by atoms with Crippen LogP contribution < -0.4 is 4.72 Å². The van der Waals surface area contributed by atoms with Gasteiger partial charge in [0.2, 0.25) is 16.4 Å². The van der Waals surface area contributed by atoms with Crippen molar-refractivity contribution in [2.24, 2.45) is 40.4 Å². The van der Waals surface area contributed by atoms with Crippen LogP contribution in [0.4, 0.5) is 17.6 Å². The summed E-state index contributed by atoms with van der Waals surface area (Å²) in [6, 6.07) is 0.0330. The van der Waals surface area contributed by atoms with Crippen molar-refractivity contribution in [3.8, 4) is 0 Å². The van der Waals surface area contributed by atoms with Crippen LogP contribution >= 0.6 is 0 Å². The molecule has 0 amide bonds. The Hall–Kier alpha value is 0.0432. The average molecular weight is 1120 g/mol. The maximum Gasteiger partial charge on any atom is 2.00 e. The van der Waals surface area contributed by atoms with E-state index < -0.39 is 34.2 Å². The summed E-state index contributed by atoms with van der Waals surface area (Å²) in [6.45, 7) is 53.2. The van der Waals surface area contributed by atoms with E-state index >= 15 is 0 Å². The van der Waals surface area contributed by atoms with Crippen molar-refractivity contribution in [2.75, 3.05) is 0 Å². The predicted octanol–water partition coefficient (Wildman–Crippen LogP) is 17.1. The first-order valence-corrected chi connectivity index (χ1v) is 24.7. The molecule has 2 aliphatic carbocycles. The third kappa shape index (κ3) is 58.2. The number of hydrogen-bond donors (Lipinski definition) is 1. The second kappa shape index (κ2) is 39.8. The summed E-state index contributed by atoms with van der Waals surface area (Å²) < 4.78 is 84.7. The predicted molar refractivity (Wildman–Crippen MR) is 276 cm³/mol. The van der Waals surface area contributed by atoms with E-state index in [0.29, 0.717) is 29.0 Å². The summed E-state index contributed by atoms with van der Waals surface area (Å²) in [6.07, 6.45) is 8.33. The molecule has 12 heteroatoms. The van der Waals surface area contributed by atoms with Crippen LogP contribution in [0, 0.1) is 55.3 Å². The van der Waals surface area contributed by atoms with E-state index in [1.165, 1.54) is 40.5 Å². The van der Waals surface area contributed by atoms with Crippen LogP contribution in [0.1, 0.15) is 225 Å². The molecule has 1 N–H and O–H groups in total. The molecule has 64 heavy (non-hydrogen) atoms. The van der Waals surface area contributed by atoms with Crippen molar-refractivity contribution in [3.63, 3.8) is 0 Å². The fraction of sp³-hybridized carbons (Fsp3) is 0.923. The Morgan fingerprint density at radius 2 is 0.891 bits per heavy atom. The number of allylic oxidation sites excluding steroid dienone is 2. The summed E-state index contributed by atoms with van der Waals surface area (Å²) in [4.78, 5) is 0. The normalized spacial score (nSPS) is 16.3. The molecule has 0 aromatic heterocycles. The minimum atomic E-state index is -2.94. The number of hydrogen-bond acceptors (Lipinski definition) is 4. The smallest absolute Gasteiger partial charge is 0.370 e. The van der Waals surface area contributed by atoms with Gasteiger partial charge in [-0.15, -0.1) is 0 Å². The molecular weight excluding hydrogens is 1010 g/mol. The zero-order valence-corrected chi connectivity index (χ0v) is 51.2. The molecule has 2 rings (SSSR count). The molecule has 2 aliphatic rings. The fourth-order valence-corrected chi connectivity index (χ4v) is 4.72. The number of alkyl halides is 4. The molecule has 2 atom stereocenters.